The SMILES string of the molecule is CCCCCCCCCC/C=C/CC/C=C/C(O)C(CS(=O)(=O)O)NC(=O)C(O)CCCCCCCC/C=C\CCCCCCCCCCCCCC. The summed E-state index contributed by atoms with van der Waals surface area (Å²) in [5.41, 5.74) is 0. The Kier molecular flexibility index (Phi) is 37.7. The van der Waals surface area contributed by atoms with Crippen molar-refractivity contribution in [2.75, 3.05) is 5.75 Å². The fraction of sp³-hybridized carbons (Fsp3) is 0.844. The maximum absolute atomic E-state index is 12.6. The molecule has 0 bridgehead atoms. The molecule has 3 atom stereocenters. The molecule has 8 heteroatoms. The molecule has 0 radical (unpaired) electrons. The Hall–Kier alpha value is -1.48. The highest BCUT2D eigenvalue weighted by molar-refractivity contribution is 7.85. The number of hydrogen-bond donors (Lipinski definition) is 4. The average molecular weight is 768 g/mol. The largest absolute Gasteiger partial charge is 0.387 e. The molecule has 7 nitrogen and oxygen atoms in total. The number of allylic oxidation sites excluding steroid dienone is 5. The summed E-state index contributed by atoms with van der Waals surface area (Å²) in [6.07, 6.45) is 47.8. The molecule has 53 heavy (non-hydrogen) atoms. The Labute approximate surface area is 328 Å². The van der Waals surface area contributed by atoms with Gasteiger partial charge < -0.3 is 15.5 Å². The van der Waals surface area contributed by atoms with E-state index in [-0.39, 0.29) is 6.42 Å². The zero-order valence-corrected chi connectivity index (χ0v) is 35.3. The fourth-order valence-electron chi connectivity index (χ4n) is 6.70. The van der Waals surface area contributed by atoms with Crippen molar-refractivity contribution in [1.82, 2.24) is 5.32 Å². The molecular weight excluding hydrogens is 683 g/mol. The molecule has 4 N–H and O–H groups in total. The minimum absolute atomic E-state index is 0.267. The topological polar surface area (TPSA) is 124 Å². The molecule has 1 amide bonds. The second-order valence-electron chi connectivity index (χ2n) is 15.5. The normalized spacial score (nSPS) is 14.1. The molecule has 0 saturated heterocycles. The summed E-state index contributed by atoms with van der Waals surface area (Å²) in [6, 6.07) is -1.25. The summed E-state index contributed by atoms with van der Waals surface area (Å²) < 4.78 is 32.5. The number of aliphatic hydroxyl groups is 2. The summed E-state index contributed by atoms with van der Waals surface area (Å²) in [7, 11) is -4.45. The molecule has 0 aliphatic carbocycles. The minimum Gasteiger partial charge on any atom is -0.387 e. The molecule has 0 aromatic carbocycles. The van der Waals surface area contributed by atoms with Gasteiger partial charge in [-0.25, -0.2) is 0 Å². The van der Waals surface area contributed by atoms with E-state index in [2.05, 4.69) is 43.5 Å². The van der Waals surface area contributed by atoms with Crippen molar-refractivity contribution in [3.8, 4) is 0 Å². The third kappa shape index (κ3) is 38.6. The Morgan fingerprint density at radius 1 is 0.509 bits per heavy atom. The van der Waals surface area contributed by atoms with Crippen LogP contribution in [-0.4, -0.2) is 53.1 Å². The molecular formula is C45H85NO6S. The van der Waals surface area contributed by atoms with Crippen molar-refractivity contribution in [1.29, 1.82) is 0 Å². The summed E-state index contributed by atoms with van der Waals surface area (Å²) in [6.45, 7) is 4.51. The second-order valence-corrected chi connectivity index (χ2v) is 17.0. The Morgan fingerprint density at radius 3 is 1.25 bits per heavy atom. The molecule has 0 fully saturated rings. The Morgan fingerprint density at radius 2 is 0.849 bits per heavy atom. The summed E-state index contributed by atoms with van der Waals surface area (Å²) in [5, 5.41) is 23.4. The number of amides is 1. The highest BCUT2D eigenvalue weighted by Gasteiger charge is 2.27. The van der Waals surface area contributed by atoms with E-state index in [4.69, 9.17) is 0 Å². The zero-order valence-electron chi connectivity index (χ0n) is 34.5. The van der Waals surface area contributed by atoms with Crippen LogP contribution in [0.4, 0.5) is 0 Å². The Bertz CT molecular complexity index is 995. The van der Waals surface area contributed by atoms with Crippen LogP contribution in [0.2, 0.25) is 0 Å². The van der Waals surface area contributed by atoms with E-state index < -0.39 is 40.0 Å². The van der Waals surface area contributed by atoms with Gasteiger partial charge in [-0.1, -0.05) is 198 Å². The van der Waals surface area contributed by atoms with Crippen LogP contribution in [0.1, 0.15) is 219 Å². The predicted molar refractivity (Wildman–Crippen MR) is 227 cm³/mol. The van der Waals surface area contributed by atoms with E-state index in [1.165, 1.54) is 154 Å². The molecule has 312 valence electrons. The van der Waals surface area contributed by atoms with Gasteiger partial charge in [-0.15, -0.1) is 0 Å². The molecule has 0 aliphatic heterocycles. The standard InChI is InChI=1S/C45H85NO6S/c1-3-5-7-9-11-13-15-17-19-20-21-22-23-24-25-26-28-30-32-34-36-38-40-44(48)45(49)46-42(41-53(50,51)52)43(47)39-37-35-33-31-29-27-18-16-14-12-10-8-6-4-2/h24-25,29,31,37,39,42-44,47-48H,3-23,26-28,30,32-36,38,40-41H2,1-2H3,(H,46,49)(H,50,51,52)/b25-24-,31-29+,39-37+. The number of unbranched alkanes of at least 4 members (excludes halogenated alkanes) is 27. The molecule has 0 rings (SSSR count). The van der Waals surface area contributed by atoms with Gasteiger partial charge in [0.1, 0.15) is 6.10 Å². The van der Waals surface area contributed by atoms with Gasteiger partial charge in [0.25, 0.3) is 10.1 Å². The first-order valence-corrected chi connectivity index (χ1v) is 23.9. The highest BCUT2D eigenvalue weighted by atomic mass is 32.2. The van der Waals surface area contributed by atoms with E-state index in [1.807, 2.05) is 0 Å². The lowest BCUT2D eigenvalue weighted by molar-refractivity contribution is -0.130. The molecule has 0 aromatic heterocycles. The molecule has 0 saturated carbocycles. The maximum Gasteiger partial charge on any atom is 0.267 e. The third-order valence-electron chi connectivity index (χ3n) is 10.1. The minimum atomic E-state index is -4.45. The lowest BCUT2D eigenvalue weighted by Gasteiger charge is -2.22. The van der Waals surface area contributed by atoms with E-state index in [0.717, 1.165) is 38.5 Å². The first-order valence-electron chi connectivity index (χ1n) is 22.3. The van der Waals surface area contributed by atoms with Crippen LogP contribution in [0, 0.1) is 0 Å². The average Bonchev–Trinajstić information content (AvgIpc) is 3.12. The van der Waals surface area contributed by atoms with Gasteiger partial charge in [-0.3, -0.25) is 9.35 Å². The van der Waals surface area contributed by atoms with Crippen LogP contribution in [-0.2, 0) is 14.9 Å². The fourth-order valence-corrected chi connectivity index (χ4v) is 7.44. The molecule has 3 unspecified atom stereocenters. The number of nitrogens with one attached hydrogen (secondary N) is 1. The summed E-state index contributed by atoms with van der Waals surface area (Å²) in [5.74, 6) is -1.56. The highest BCUT2D eigenvalue weighted by Crippen LogP contribution is 2.15. The second kappa shape index (κ2) is 38.8. The van der Waals surface area contributed by atoms with Gasteiger partial charge in [0.15, 0.2) is 0 Å². The lowest BCUT2D eigenvalue weighted by atomic mass is 10.0. The summed E-state index contributed by atoms with van der Waals surface area (Å²) >= 11 is 0. The van der Waals surface area contributed by atoms with Crippen molar-refractivity contribution >= 4 is 16.0 Å². The van der Waals surface area contributed by atoms with E-state index >= 15 is 0 Å². The quantitative estimate of drug-likeness (QED) is 0.0280. The van der Waals surface area contributed by atoms with Gasteiger partial charge in [-0.2, -0.15) is 8.42 Å². The van der Waals surface area contributed by atoms with E-state index in [9.17, 15) is 28.0 Å². The van der Waals surface area contributed by atoms with Gasteiger partial charge in [0.2, 0.25) is 5.91 Å². The number of carbonyl (C=O) groups excluding carboxylic acids is 1. The number of carbonyl (C=O) groups is 1. The zero-order chi connectivity index (χ0) is 39.1. The van der Waals surface area contributed by atoms with Crippen molar-refractivity contribution in [3.05, 3.63) is 36.5 Å². The summed E-state index contributed by atoms with van der Waals surface area (Å²) in [4.78, 5) is 12.6. The first-order chi connectivity index (χ1) is 25.7. The maximum atomic E-state index is 12.6. The number of rotatable bonds is 40. The van der Waals surface area contributed by atoms with Gasteiger partial charge >= 0.3 is 0 Å². The van der Waals surface area contributed by atoms with Crippen LogP contribution in [0.5, 0.6) is 0 Å². The van der Waals surface area contributed by atoms with Crippen molar-refractivity contribution in [2.24, 2.45) is 0 Å². The van der Waals surface area contributed by atoms with Gasteiger partial charge in [0.05, 0.1) is 17.9 Å². The van der Waals surface area contributed by atoms with Crippen LogP contribution >= 0.6 is 0 Å². The number of hydrogen-bond acceptors (Lipinski definition) is 5. The van der Waals surface area contributed by atoms with E-state index in [1.54, 1.807) is 6.08 Å². The van der Waals surface area contributed by atoms with Crippen LogP contribution in [0.3, 0.4) is 0 Å². The molecule has 0 heterocycles. The monoisotopic (exact) mass is 768 g/mol. The van der Waals surface area contributed by atoms with Crippen molar-refractivity contribution < 1.29 is 28.0 Å². The number of aliphatic hydroxyl groups excluding tert-OH is 2. The van der Waals surface area contributed by atoms with Gasteiger partial charge in [-0.05, 0) is 57.8 Å². The van der Waals surface area contributed by atoms with Crippen LogP contribution in [0.25, 0.3) is 0 Å². The molecule has 0 aliphatic rings. The molecule has 0 spiro atoms. The van der Waals surface area contributed by atoms with Crippen LogP contribution < -0.4 is 5.32 Å². The predicted octanol–water partition coefficient (Wildman–Crippen LogP) is 12.3. The first kappa shape index (κ1) is 51.5. The smallest absolute Gasteiger partial charge is 0.267 e. The van der Waals surface area contributed by atoms with E-state index in [0.29, 0.717) is 12.8 Å². The van der Waals surface area contributed by atoms with Gasteiger partial charge in [0, 0.05) is 0 Å². The lowest BCUT2D eigenvalue weighted by Crippen LogP contribution is -2.50. The third-order valence-corrected chi connectivity index (χ3v) is 10.9. The van der Waals surface area contributed by atoms with Crippen LogP contribution in [0.15, 0.2) is 36.5 Å². The molecule has 0 aromatic rings. The van der Waals surface area contributed by atoms with Crippen molar-refractivity contribution in [3.63, 3.8) is 0 Å². The van der Waals surface area contributed by atoms with Crippen molar-refractivity contribution in [2.45, 2.75) is 238 Å². The Balaban J connectivity index is 3.98.